The lowest BCUT2D eigenvalue weighted by atomic mass is 10.1. The number of rotatable bonds is 5. The van der Waals surface area contributed by atoms with Crippen molar-refractivity contribution >= 4 is 11.8 Å². The van der Waals surface area contributed by atoms with Crippen LogP contribution in [0.4, 0.5) is 0 Å². The second-order valence-corrected chi connectivity index (χ2v) is 6.71. The Labute approximate surface area is 131 Å². The van der Waals surface area contributed by atoms with E-state index < -0.39 is 0 Å². The van der Waals surface area contributed by atoms with Crippen molar-refractivity contribution in [2.24, 2.45) is 17.8 Å². The summed E-state index contributed by atoms with van der Waals surface area (Å²) in [4.78, 5) is 30.2. The Bertz CT molecular complexity index is 546. The topological polar surface area (TPSA) is 62.3 Å². The van der Waals surface area contributed by atoms with Gasteiger partial charge in [0.15, 0.2) is 0 Å². The first-order valence-corrected chi connectivity index (χ1v) is 8.01. The van der Waals surface area contributed by atoms with Crippen molar-refractivity contribution in [3.05, 3.63) is 30.1 Å². The number of aromatic nitrogens is 1. The summed E-state index contributed by atoms with van der Waals surface area (Å²) in [6, 6.07) is 5.84. The van der Waals surface area contributed by atoms with Crippen LogP contribution in [0.2, 0.25) is 0 Å². The highest BCUT2D eigenvalue weighted by molar-refractivity contribution is 5.79. The number of piperidine rings is 1. The van der Waals surface area contributed by atoms with Gasteiger partial charge in [-0.3, -0.25) is 14.6 Å². The first-order valence-electron chi connectivity index (χ1n) is 8.01. The van der Waals surface area contributed by atoms with Crippen LogP contribution in [0, 0.1) is 17.8 Å². The Morgan fingerprint density at radius 1 is 1.32 bits per heavy atom. The molecule has 5 heteroatoms. The molecule has 1 saturated carbocycles. The molecule has 0 aromatic carbocycles. The van der Waals surface area contributed by atoms with E-state index in [0.29, 0.717) is 30.6 Å². The maximum absolute atomic E-state index is 12.3. The van der Waals surface area contributed by atoms with Crippen molar-refractivity contribution < 1.29 is 9.59 Å². The zero-order valence-electron chi connectivity index (χ0n) is 13.2. The Balaban J connectivity index is 1.44. The highest BCUT2D eigenvalue weighted by atomic mass is 16.2. The van der Waals surface area contributed by atoms with Crippen LogP contribution in [0.3, 0.4) is 0 Å². The molecule has 1 aliphatic carbocycles. The van der Waals surface area contributed by atoms with E-state index in [2.05, 4.69) is 10.3 Å². The molecule has 1 aliphatic heterocycles. The van der Waals surface area contributed by atoms with Gasteiger partial charge in [-0.15, -0.1) is 0 Å². The highest BCUT2D eigenvalue weighted by Crippen LogP contribution is 2.53. The number of carbonyl (C=O) groups excluding carboxylic acids is 2. The van der Waals surface area contributed by atoms with Gasteiger partial charge in [0, 0.05) is 37.4 Å². The minimum atomic E-state index is 0.140. The van der Waals surface area contributed by atoms with Gasteiger partial charge < -0.3 is 10.2 Å². The molecule has 2 heterocycles. The lowest BCUT2D eigenvalue weighted by Crippen LogP contribution is -2.34. The molecule has 0 spiro atoms. The number of fused-ring (bicyclic) bond motifs is 1. The number of amides is 2. The minimum Gasteiger partial charge on any atom is -0.354 e. The molecular weight excluding hydrogens is 278 g/mol. The van der Waals surface area contributed by atoms with Gasteiger partial charge in [0.2, 0.25) is 11.8 Å². The Hall–Kier alpha value is -1.91. The molecule has 5 nitrogen and oxygen atoms in total. The second kappa shape index (κ2) is 6.07. The standard InChI is InChI=1S/C17H23N3O2/c1-11(2)19-16(21)8-13-14-9-20(10-15(13)14)17(22)7-12-5-3-4-6-18-12/h3-6,11,13-15H,7-10H2,1-2H3,(H,19,21)/t13?,14-,15+. The molecule has 0 bridgehead atoms. The fourth-order valence-electron chi connectivity index (χ4n) is 3.52. The molecule has 3 rings (SSSR count). The zero-order chi connectivity index (χ0) is 15.7. The Morgan fingerprint density at radius 2 is 2.05 bits per heavy atom. The van der Waals surface area contributed by atoms with E-state index >= 15 is 0 Å². The van der Waals surface area contributed by atoms with Crippen LogP contribution in [-0.4, -0.2) is 40.8 Å². The number of likely N-dealkylation sites (tertiary alicyclic amines) is 1. The molecular formula is C17H23N3O2. The highest BCUT2D eigenvalue weighted by Gasteiger charge is 2.56. The molecule has 1 aromatic rings. The third-order valence-electron chi connectivity index (χ3n) is 4.65. The molecule has 1 aromatic heterocycles. The van der Waals surface area contributed by atoms with Gasteiger partial charge in [-0.05, 0) is 43.7 Å². The van der Waals surface area contributed by atoms with E-state index in [9.17, 15) is 9.59 Å². The molecule has 118 valence electrons. The maximum Gasteiger partial charge on any atom is 0.228 e. The molecule has 1 unspecified atom stereocenters. The van der Waals surface area contributed by atoms with Crippen molar-refractivity contribution in [3.63, 3.8) is 0 Å². The van der Waals surface area contributed by atoms with Crippen molar-refractivity contribution in [1.82, 2.24) is 15.2 Å². The number of hydrogen-bond donors (Lipinski definition) is 1. The average molecular weight is 301 g/mol. The lowest BCUT2D eigenvalue weighted by Gasteiger charge is -2.20. The van der Waals surface area contributed by atoms with Crippen LogP contribution in [0.15, 0.2) is 24.4 Å². The van der Waals surface area contributed by atoms with Gasteiger partial charge in [0.05, 0.1) is 6.42 Å². The van der Waals surface area contributed by atoms with Crippen LogP contribution in [-0.2, 0) is 16.0 Å². The third kappa shape index (κ3) is 3.29. The van der Waals surface area contributed by atoms with Crippen molar-refractivity contribution in [2.45, 2.75) is 32.7 Å². The summed E-state index contributed by atoms with van der Waals surface area (Å²) in [6.45, 7) is 5.55. The summed E-state index contributed by atoms with van der Waals surface area (Å²) in [5.74, 6) is 1.80. The van der Waals surface area contributed by atoms with Gasteiger partial charge in [-0.1, -0.05) is 6.07 Å². The predicted molar refractivity (Wildman–Crippen MR) is 82.9 cm³/mol. The summed E-state index contributed by atoms with van der Waals surface area (Å²) in [6.07, 6.45) is 2.70. The molecule has 2 aliphatic rings. The van der Waals surface area contributed by atoms with Crippen LogP contribution in [0.1, 0.15) is 26.0 Å². The first-order chi connectivity index (χ1) is 10.5. The van der Waals surface area contributed by atoms with Crippen LogP contribution >= 0.6 is 0 Å². The summed E-state index contributed by atoms with van der Waals surface area (Å²) < 4.78 is 0. The fraction of sp³-hybridized carbons (Fsp3) is 0.588. The lowest BCUT2D eigenvalue weighted by molar-refractivity contribution is -0.130. The predicted octanol–water partition coefficient (Wildman–Crippen LogP) is 1.24. The van der Waals surface area contributed by atoms with E-state index in [4.69, 9.17) is 0 Å². The SMILES string of the molecule is CC(C)NC(=O)CC1[C@H]2CN(C(=O)Cc3ccccn3)C[C@@H]12. The molecule has 2 amide bonds. The van der Waals surface area contributed by atoms with Crippen molar-refractivity contribution in [3.8, 4) is 0 Å². The van der Waals surface area contributed by atoms with E-state index in [1.165, 1.54) is 0 Å². The average Bonchev–Trinajstić information content (AvgIpc) is 2.92. The summed E-state index contributed by atoms with van der Waals surface area (Å²) in [5.41, 5.74) is 0.820. The van der Waals surface area contributed by atoms with Gasteiger partial charge in [0.1, 0.15) is 0 Å². The van der Waals surface area contributed by atoms with E-state index in [1.54, 1.807) is 6.20 Å². The first kappa shape index (κ1) is 15.0. The van der Waals surface area contributed by atoms with Crippen LogP contribution in [0.5, 0.6) is 0 Å². The van der Waals surface area contributed by atoms with Gasteiger partial charge >= 0.3 is 0 Å². The molecule has 1 saturated heterocycles. The molecule has 22 heavy (non-hydrogen) atoms. The normalized spacial score (nSPS) is 26.0. The fourth-order valence-corrected chi connectivity index (χ4v) is 3.52. The quantitative estimate of drug-likeness (QED) is 0.890. The van der Waals surface area contributed by atoms with Gasteiger partial charge in [-0.25, -0.2) is 0 Å². The molecule has 0 radical (unpaired) electrons. The zero-order valence-corrected chi connectivity index (χ0v) is 13.2. The smallest absolute Gasteiger partial charge is 0.228 e. The molecule has 3 atom stereocenters. The second-order valence-electron chi connectivity index (χ2n) is 6.71. The van der Waals surface area contributed by atoms with Crippen molar-refractivity contribution in [2.75, 3.05) is 13.1 Å². The third-order valence-corrected chi connectivity index (χ3v) is 4.65. The summed E-state index contributed by atoms with van der Waals surface area (Å²) >= 11 is 0. The summed E-state index contributed by atoms with van der Waals surface area (Å²) in [5, 5.41) is 2.94. The number of nitrogens with one attached hydrogen (secondary N) is 1. The number of carbonyl (C=O) groups is 2. The van der Waals surface area contributed by atoms with Gasteiger partial charge in [0.25, 0.3) is 0 Å². The molecule has 1 N–H and O–H groups in total. The van der Waals surface area contributed by atoms with Gasteiger partial charge in [-0.2, -0.15) is 0 Å². The summed E-state index contributed by atoms with van der Waals surface area (Å²) in [7, 11) is 0. The monoisotopic (exact) mass is 301 g/mol. The van der Waals surface area contributed by atoms with E-state index in [0.717, 1.165) is 18.8 Å². The largest absolute Gasteiger partial charge is 0.354 e. The van der Waals surface area contributed by atoms with Crippen molar-refractivity contribution in [1.29, 1.82) is 0 Å². The minimum absolute atomic E-state index is 0.140. The molecule has 2 fully saturated rings. The Kier molecular flexibility index (Phi) is 4.14. The van der Waals surface area contributed by atoms with E-state index in [-0.39, 0.29) is 17.9 Å². The maximum atomic E-state index is 12.3. The number of nitrogens with zero attached hydrogens (tertiary/aromatic N) is 2. The van der Waals surface area contributed by atoms with E-state index in [1.807, 2.05) is 36.9 Å². The Morgan fingerprint density at radius 3 is 2.64 bits per heavy atom. The van der Waals surface area contributed by atoms with Crippen LogP contribution in [0.25, 0.3) is 0 Å². The van der Waals surface area contributed by atoms with Crippen LogP contribution < -0.4 is 5.32 Å². The number of hydrogen-bond acceptors (Lipinski definition) is 3. The number of pyridine rings is 1.